The van der Waals surface area contributed by atoms with E-state index in [0.717, 1.165) is 5.69 Å². The highest BCUT2D eigenvalue weighted by Gasteiger charge is 2.33. The van der Waals surface area contributed by atoms with Crippen molar-refractivity contribution in [3.05, 3.63) is 66.2 Å². The average Bonchev–Trinajstić information content (AvgIpc) is 2.83. The Balaban J connectivity index is 1.98. The van der Waals surface area contributed by atoms with Gasteiger partial charge in [-0.3, -0.25) is 9.69 Å². The maximum absolute atomic E-state index is 12.1. The molecular weight excluding hydrogens is 242 g/mol. The Kier molecular flexibility index (Phi) is 3.07. The van der Waals surface area contributed by atoms with Crippen LogP contribution in [0.15, 0.2) is 60.7 Å². The summed E-state index contributed by atoms with van der Waals surface area (Å²) in [6.45, 7) is 0. The van der Waals surface area contributed by atoms with Crippen molar-refractivity contribution < 1.29 is 4.79 Å². The summed E-state index contributed by atoms with van der Waals surface area (Å²) in [7, 11) is 0. The Morgan fingerprint density at radius 2 is 1.56 bits per heavy atom. The first kappa shape index (κ1) is 11.4. The molecule has 0 bridgehead atoms. The summed E-state index contributed by atoms with van der Waals surface area (Å²) in [5.74, 6) is 0.731. The van der Waals surface area contributed by atoms with Crippen LogP contribution in [-0.4, -0.2) is 11.7 Å². The summed E-state index contributed by atoms with van der Waals surface area (Å²) >= 11 is 1.68. The molecule has 2 aromatic rings. The maximum atomic E-state index is 12.1. The number of benzene rings is 2. The van der Waals surface area contributed by atoms with Gasteiger partial charge in [0.15, 0.2) is 0 Å². The lowest BCUT2D eigenvalue weighted by molar-refractivity contribution is -0.115. The van der Waals surface area contributed by atoms with E-state index in [4.69, 9.17) is 0 Å². The lowest BCUT2D eigenvalue weighted by Gasteiger charge is -2.24. The SMILES string of the molecule is O=C1CS[C@H](c2ccccc2)N1c1ccccc1. The lowest BCUT2D eigenvalue weighted by atomic mass is 10.2. The van der Waals surface area contributed by atoms with Crippen LogP contribution in [0.2, 0.25) is 0 Å². The minimum absolute atomic E-state index is 0.0982. The van der Waals surface area contributed by atoms with Crippen LogP contribution in [0.3, 0.4) is 0 Å². The van der Waals surface area contributed by atoms with Crippen LogP contribution in [0.4, 0.5) is 5.69 Å². The molecule has 0 saturated carbocycles. The molecule has 0 aliphatic carbocycles. The van der Waals surface area contributed by atoms with Gasteiger partial charge in [0.1, 0.15) is 5.37 Å². The number of carbonyl (C=O) groups is 1. The second kappa shape index (κ2) is 4.86. The molecule has 0 radical (unpaired) electrons. The Morgan fingerprint density at radius 3 is 2.22 bits per heavy atom. The third-order valence-corrected chi connectivity index (χ3v) is 4.20. The largest absolute Gasteiger partial charge is 0.295 e. The summed E-state index contributed by atoms with van der Waals surface area (Å²) in [5.41, 5.74) is 2.15. The van der Waals surface area contributed by atoms with E-state index in [1.165, 1.54) is 5.56 Å². The first-order chi connectivity index (χ1) is 8.86. The van der Waals surface area contributed by atoms with E-state index < -0.39 is 0 Å². The van der Waals surface area contributed by atoms with Crippen LogP contribution >= 0.6 is 11.8 Å². The highest BCUT2D eigenvalue weighted by atomic mass is 32.2. The van der Waals surface area contributed by atoms with Crippen molar-refractivity contribution in [2.24, 2.45) is 0 Å². The number of hydrogen-bond donors (Lipinski definition) is 0. The predicted molar refractivity (Wildman–Crippen MR) is 75.6 cm³/mol. The monoisotopic (exact) mass is 255 g/mol. The first-order valence-electron chi connectivity index (χ1n) is 5.90. The molecule has 3 heteroatoms. The number of hydrogen-bond acceptors (Lipinski definition) is 2. The van der Waals surface area contributed by atoms with Crippen LogP contribution in [-0.2, 0) is 4.79 Å². The molecule has 2 nitrogen and oxygen atoms in total. The third kappa shape index (κ3) is 2.02. The standard InChI is InChI=1S/C15H13NOS/c17-14-11-18-15(12-7-3-1-4-8-12)16(14)13-9-5-2-6-10-13/h1-10,15H,11H2/t15-/m1/s1. The van der Waals surface area contributed by atoms with Gasteiger partial charge in [-0.2, -0.15) is 0 Å². The number of amides is 1. The van der Waals surface area contributed by atoms with E-state index in [9.17, 15) is 4.79 Å². The normalized spacial score (nSPS) is 19.2. The Labute approximate surface area is 111 Å². The Hall–Kier alpha value is -1.74. The maximum Gasteiger partial charge on any atom is 0.238 e. The van der Waals surface area contributed by atoms with Gasteiger partial charge in [-0.05, 0) is 17.7 Å². The van der Waals surface area contributed by atoms with Gasteiger partial charge in [0, 0.05) is 5.69 Å². The van der Waals surface area contributed by atoms with Crippen molar-refractivity contribution in [2.75, 3.05) is 10.7 Å². The van der Waals surface area contributed by atoms with Gasteiger partial charge in [-0.1, -0.05) is 48.5 Å². The van der Waals surface area contributed by atoms with Crippen molar-refractivity contribution in [1.29, 1.82) is 0 Å². The molecule has 90 valence electrons. The number of para-hydroxylation sites is 1. The van der Waals surface area contributed by atoms with Crippen molar-refractivity contribution >= 4 is 23.4 Å². The van der Waals surface area contributed by atoms with Crippen molar-refractivity contribution in [1.82, 2.24) is 0 Å². The van der Waals surface area contributed by atoms with Gasteiger partial charge in [-0.15, -0.1) is 11.8 Å². The molecule has 1 amide bonds. The average molecular weight is 255 g/mol. The number of anilines is 1. The molecule has 0 N–H and O–H groups in total. The zero-order valence-corrected chi connectivity index (χ0v) is 10.6. The van der Waals surface area contributed by atoms with Crippen molar-refractivity contribution in [3.63, 3.8) is 0 Å². The summed E-state index contributed by atoms with van der Waals surface area (Å²) in [5, 5.41) is 0.0982. The number of thioether (sulfide) groups is 1. The van der Waals surface area contributed by atoms with Crippen LogP contribution in [0, 0.1) is 0 Å². The topological polar surface area (TPSA) is 20.3 Å². The quantitative estimate of drug-likeness (QED) is 0.819. The minimum Gasteiger partial charge on any atom is -0.295 e. The predicted octanol–water partition coefficient (Wildman–Crippen LogP) is 3.47. The molecule has 1 aliphatic heterocycles. The van der Waals surface area contributed by atoms with E-state index in [2.05, 4.69) is 12.1 Å². The smallest absolute Gasteiger partial charge is 0.238 e. The molecule has 0 aromatic heterocycles. The fraction of sp³-hybridized carbons (Fsp3) is 0.133. The minimum atomic E-state index is 0.0982. The number of nitrogens with zero attached hydrogens (tertiary/aromatic N) is 1. The summed E-state index contributed by atoms with van der Waals surface area (Å²) in [6.07, 6.45) is 0. The van der Waals surface area contributed by atoms with Crippen LogP contribution < -0.4 is 4.90 Å². The molecule has 0 unspecified atom stereocenters. The molecule has 18 heavy (non-hydrogen) atoms. The Morgan fingerprint density at radius 1 is 0.944 bits per heavy atom. The van der Waals surface area contributed by atoms with Gasteiger partial charge < -0.3 is 0 Å². The first-order valence-corrected chi connectivity index (χ1v) is 6.95. The van der Waals surface area contributed by atoms with Crippen molar-refractivity contribution in [3.8, 4) is 0 Å². The molecule has 0 spiro atoms. The zero-order chi connectivity index (χ0) is 12.4. The summed E-state index contributed by atoms with van der Waals surface area (Å²) in [4.78, 5) is 14.0. The molecule has 1 aliphatic rings. The zero-order valence-electron chi connectivity index (χ0n) is 9.82. The molecule has 1 heterocycles. The number of rotatable bonds is 2. The van der Waals surface area contributed by atoms with Crippen molar-refractivity contribution in [2.45, 2.75) is 5.37 Å². The lowest BCUT2D eigenvalue weighted by Crippen LogP contribution is -2.27. The highest BCUT2D eigenvalue weighted by molar-refractivity contribution is 8.00. The van der Waals surface area contributed by atoms with E-state index in [0.29, 0.717) is 5.75 Å². The van der Waals surface area contributed by atoms with Gasteiger partial charge in [0.2, 0.25) is 5.91 Å². The molecular formula is C15H13NOS. The van der Waals surface area contributed by atoms with Crippen LogP contribution in [0.25, 0.3) is 0 Å². The molecule has 2 aromatic carbocycles. The molecule has 1 saturated heterocycles. The van der Waals surface area contributed by atoms with E-state index in [-0.39, 0.29) is 11.3 Å². The van der Waals surface area contributed by atoms with E-state index >= 15 is 0 Å². The summed E-state index contributed by atoms with van der Waals surface area (Å²) in [6, 6.07) is 20.1. The van der Waals surface area contributed by atoms with Crippen LogP contribution in [0.5, 0.6) is 0 Å². The second-order valence-corrected chi connectivity index (χ2v) is 5.24. The highest BCUT2D eigenvalue weighted by Crippen LogP contribution is 2.41. The second-order valence-electron chi connectivity index (χ2n) is 4.17. The third-order valence-electron chi connectivity index (χ3n) is 2.99. The fourth-order valence-corrected chi connectivity index (χ4v) is 3.33. The summed E-state index contributed by atoms with van der Waals surface area (Å²) < 4.78 is 0. The number of carbonyl (C=O) groups excluding carboxylic acids is 1. The molecule has 1 fully saturated rings. The van der Waals surface area contributed by atoms with E-state index in [1.54, 1.807) is 11.8 Å². The van der Waals surface area contributed by atoms with Gasteiger partial charge in [-0.25, -0.2) is 0 Å². The van der Waals surface area contributed by atoms with Gasteiger partial charge in [0.05, 0.1) is 5.75 Å². The Bertz CT molecular complexity index is 541. The molecule has 1 atom stereocenters. The van der Waals surface area contributed by atoms with E-state index in [1.807, 2.05) is 53.4 Å². The van der Waals surface area contributed by atoms with Gasteiger partial charge >= 0.3 is 0 Å². The molecule has 3 rings (SSSR count). The van der Waals surface area contributed by atoms with Gasteiger partial charge in [0.25, 0.3) is 0 Å². The van der Waals surface area contributed by atoms with Crippen LogP contribution in [0.1, 0.15) is 10.9 Å². The fourth-order valence-electron chi connectivity index (χ4n) is 2.16.